The first-order chi connectivity index (χ1) is 14.4. The number of guanidine groups is 1. The van der Waals surface area contributed by atoms with E-state index in [1.807, 2.05) is 37.1 Å². The molecule has 1 fully saturated rings. The second kappa shape index (κ2) is 11.7. The molecule has 1 saturated heterocycles. The van der Waals surface area contributed by atoms with E-state index in [4.69, 9.17) is 0 Å². The first-order valence-electron chi connectivity index (χ1n) is 10.5. The van der Waals surface area contributed by atoms with Gasteiger partial charge in [0.2, 0.25) is 0 Å². The predicted molar refractivity (Wildman–Crippen MR) is 136 cm³/mol. The maximum atomic E-state index is 13.5. The summed E-state index contributed by atoms with van der Waals surface area (Å²) in [6.07, 6.45) is 6.12. The Hall–Kier alpha value is -1.88. The van der Waals surface area contributed by atoms with Crippen LogP contribution in [-0.2, 0) is 7.05 Å². The van der Waals surface area contributed by atoms with Crippen LogP contribution in [0.5, 0.6) is 0 Å². The summed E-state index contributed by atoms with van der Waals surface area (Å²) in [6, 6.07) is 5.51. The summed E-state index contributed by atoms with van der Waals surface area (Å²) in [4.78, 5) is 8.94. The number of aromatic nitrogens is 2. The lowest BCUT2D eigenvalue weighted by molar-refractivity contribution is 0.297. The van der Waals surface area contributed by atoms with E-state index < -0.39 is 0 Å². The largest absolute Gasteiger partial charge is 0.369 e. The monoisotopic (exact) mass is 543 g/mol. The van der Waals surface area contributed by atoms with Crippen molar-refractivity contribution in [1.29, 1.82) is 0 Å². The van der Waals surface area contributed by atoms with Crippen LogP contribution in [-0.4, -0.2) is 67.5 Å². The van der Waals surface area contributed by atoms with Gasteiger partial charge in [-0.3, -0.25) is 9.67 Å². The topological polar surface area (TPSA) is 60.7 Å². The standard InChI is InChI=1S/C22H34FN7.HI/c1-16-11-18(23)8-9-20(16)30-10-6-7-19(15-30)27-22(24-2)25-13-21(28(3)4)17-12-26-29(5)14-17;/h8-9,11-12,14,19,21H,6-7,10,13,15H2,1-5H3,(H2,24,25,27);1H. The van der Waals surface area contributed by atoms with E-state index in [-0.39, 0.29) is 41.9 Å². The number of piperidine rings is 1. The van der Waals surface area contributed by atoms with Crippen LogP contribution >= 0.6 is 24.0 Å². The molecule has 0 aliphatic carbocycles. The SMILES string of the molecule is CN=C(NCC(c1cnn(C)c1)N(C)C)NC1CCCN(c2ccc(F)cc2C)C1.I. The number of rotatable bonds is 6. The maximum Gasteiger partial charge on any atom is 0.191 e. The quantitative estimate of drug-likeness (QED) is 0.334. The van der Waals surface area contributed by atoms with Gasteiger partial charge in [-0.25, -0.2) is 4.39 Å². The normalized spacial score (nSPS) is 18.0. The van der Waals surface area contributed by atoms with Gasteiger partial charge in [0, 0.05) is 57.2 Å². The van der Waals surface area contributed by atoms with Crippen molar-refractivity contribution < 1.29 is 4.39 Å². The average Bonchev–Trinajstić information content (AvgIpc) is 3.13. The molecule has 9 heteroatoms. The molecule has 0 saturated carbocycles. The van der Waals surface area contributed by atoms with Gasteiger partial charge in [0.1, 0.15) is 5.82 Å². The molecular formula is C22H35FIN7. The van der Waals surface area contributed by atoms with E-state index in [9.17, 15) is 4.39 Å². The lowest BCUT2D eigenvalue weighted by atomic mass is 10.0. The molecule has 0 bridgehead atoms. The van der Waals surface area contributed by atoms with Crippen molar-refractivity contribution in [2.45, 2.75) is 31.8 Å². The number of halogens is 2. The number of hydrogen-bond donors (Lipinski definition) is 2. The number of anilines is 1. The van der Waals surface area contributed by atoms with Crippen LogP contribution in [0.4, 0.5) is 10.1 Å². The fourth-order valence-corrected chi connectivity index (χ4v) is 4.08. The molecule has 0 radical (unpaired) electrons. The zero-order chi connectivity index (χ0) is 21.7. The van der Waals surface area contributed by atoms with E-state index in [0.717, 1.165) is 49.7 Å². The summed E-state index contributed by atoms with van der Waals surface area (Å²) in [7, 11) is 7.87. The van der Waals surface area contributed by atoms with Gasteiger partial charge in [-0.2, -0.15) is 5.10 Å². The smallest absolute Gasteiger partial charge is 0.191 e. The third kappa shape index (κ3) is 6.80. The molecule has 31 heavy (non-hydrogen) atoms. The number of nitrogens with zero attached hydrogens (tertiary/aromatic N) is 5. The molecule has 2 atom stereocenters. The molecule has 2 N–H and O–H groups in total. The summed E-state index contributed by atoms with van der Waals surface area (Å²) >= 11 is 0. The van der Waals surface area contributed by atoms with E-state index in [2.05, 4.69) is 44.6 Å². The molecule has 2 aromatic rings. The van der Waals surface area contributed by atoms with Crippen molar-refractivity contribution in [3.05, 3.63) is 47.5 Å². The number of aryl methyl sites for hydroxylation is 2. The van der Waals surface area contributed by atoms with Gasteiger partial charge >= 0.3 is 0 Å². The fraction of sp³-hybridized carbons (Fsp3) is 0.545. The highest BCUT2D eigenvalue weighted by molar-refractivity contribution is 14.0. The Balaban J connectivity index is 0.00000341. The Kier molecular flexibility index (Phi) is 9.54. The third-order valence-electron chi connectivity index (χ3n) is 5.68. The molecular weight excluding hydrogens is 508 g/mol. The van der Waals surface area contributed by atoms with Gasteiger partial charge in [0.15, 0.2) is 5.96 Å². The predicted octanol–water partition coefficient (Wildman–Crippen LogP) is 2.92. The van der Waals surface area contributed by atoms with Gasteiger partial charge < -0.3 is 20.4 Å². The molecule has 1 aliphatic heterocycles. The van der Waals surface area contributed by atoms with Gasteiger partial charge in [-0.15, -0.1) is 24.0 Å². The molecule has 2 heterocycles. The maximum absolute atomic E-state index is 13.5. The van der Waals surface area contributed by atoms with E-state index >= 15 is 0 Å². The minimum Gasteiger partial charge on any atom is -0.369 e. The number of hydrogen-bond acceptors (Lipinski definition) is 4. The lowest BCUT2D eigenvalue weighted by Crippen LogP contribution is -2.52. The van der Waals surface area contributed by atoms with Gasteiger partial charge in [0.25, 0.3) is 0 Å². The van der Waals surface area contributed by atoms with Crippen molar-refractivity contribution >= 4 is 35.6 Å². The van der Waals surface area contributed by atoms with Crippen molar-refractivity contribution in [2.75, 3.05) is 45.7 Å². The van der Waals surface area contributed by atoms with Crippen LogP contribution in [0, 0.1) is 12.7 Å². The highest BCUT2D eigenvalue weighted by atomic mass is 127. The molecule has 7 nitrogen and oxygen atoms in total. The van der Waals surface area contributed by atoms with Crippen LogP contribution in [0.1, 0.15) is 30.0 Å². The summed E-state index contributed by atoms with van der Waals surface area (Å²) in [5.74, 6) is 0.616. The molecule has 1 aliphatic rings. The molecule has 2 unspecified atom stereocenters. The summed E-state index contributed by atoms with van der Waals surface area (Å²) in [5, 5.41) is 11.3. The van der Waals surface area contributed by atoms with Crippen molar-refractivity contribution in [3.63, 3.8) is 0 Å². The highest BCUT2D eigenvalue weighted by Crippen LogP contribution is 2.24. The van der Waals surface area contributed by atoms with Crippen LogP contribution < -0.4 is 15.5 Å². The molecule has 0 amide bonds. The van der Waals surface area contributed by atoms with Gasteiger partial charge in [0.05, 0.1) is 12.2 Å². The zero-order valence-corrected chi connectivity index (χ0v) is 21.4. The van der Waals surface area contributed by atoms with Crippen LogP contribution in [0.25, 0.3) is 0 Å². The fourth-order valence-electron chi connectivity index (χ4n) is 4.08. The Bertz CT molecular complexity index is 867. The Labute approximate surface area is 202 Å². The molecule has 1 aromatic carbocycles. The van der Waals surface area contributed by atoms with Gasteiger partial charge in [-0.05, 0) is 57.6 Å². The Morgan fingerprint density at radius 2 is 2.16 bits per heavy atom. The highest BCUT2D eigenvalue weighted by Gasteiger charge is 2.23. The lowest BCUT2D eigenvalue weighted by Gasteiger charge is -2.36. The first kappa shape index (κ1) is 25.4. The number of benzene rings is 1. The summed E-state index contributed by atoms with van der Waals surface area (Å²) < 4.78 is 15.3. The second-order valence-electron chi connectivity index (χ2n) is 8.24. The van der Waals surface area contributed by atoms with Crippen molar-refractivity contribution in [1.82, 2.24) is 25.3 Å². The van der Waals surface area contributed by atoms with Crippen LogP contribution in [0.3, 0.4) is 0 Å². The Morgan fingerprint density at radius 1 is 1.39 bits per heavy atom. The number of likely N-dealkylation sites (N-methyl/N-ethyl adjacent to an activating group) is 1. The number of aliphatic imine (C=N–C) groups is 1. The van der Waals surface area contributed by atoms with E-state index in [0.29, 0.717) is 0 Å². The minimum absolute atomic E-state index is 0. The molecule has 0 spiro atoms. The van der Waals surface area contributed by atoms with Crippen molar-refractivity contribution in [2.24, 2.45) is 12.0 Å². The van der Waals surface area contributed by atoms with Crippen LogP contribution in [0.15, 0.2) is 35.6 Å². The summed E-state index contributed by atoms with van der Waals surface area (Å²) in [6.45, 7) is 4.55. The van der Waals surface area contributed by atoms with E-state index in [1.165, 1.54) is 5.56 Å². The number of nitrogens with one attached hydrogen (secondary N) is 2. The summed E-state index contributed by atoms with van der Waals surface area (Å²) in [5.41, 5.74) is 3.25. The first-order valence-corrected chi connectivity index (χ1v) is 10.5. The van der Waals surface area contributed by atoms with E-state index in [1.54, 1.807) is 19.2 Å². The molecule has 1 aromatic heterocycles. The van der Waals surface area contributed by atoms with Gasteiger partial charge in [-0.1, -0.05) is 0 Å². The third-order valence-corrected chi connectivity index (χ3v) is 5.68. The molecule has 3 rings (SSSR count). The van der Waals surface area contributed by atoms with Crippen LogP contribution in [0.2, 0.25) is 0 Å². The zero-order valence-electron chi connectivity index (χ0n) is 19.1. The Morgan fingerprint density at radius 3 is 2.77 bits per heavy atom. The molecule has 172 valence electrons. The second-order valence-corrected chi connectivity index (χ2v) is 8.24. The minimum atomic E-state index is -0.184. The average molecular weight is 543 g/mol. The van der Waals surface area contributed by atoms with Crippen molar-refractivity contribution in [3.8, 4) is 0 Å².